The summed E-state index contributed by atoms with van der Waals surface area (Å²) in [5, 5.41) is 18.8. The number of Topliss-reactive ketones (excluding diaryl/α,β-unsaturated/α-hetero) is 1. The Bertz CT molecular complexity index is 358. The molecule has 1 N–H and O–H groups in total. The minimum atomic E-state index is -0.638. The number of carbonyl (C=O) groups excluding carboxylic acids is 1. The monoisotopic (exact) mass is 205 g/mol. The number of ketones is 1. The Morgan fingerprint density at radius 3 is 2.71 bits per heavy atom. The second kappa shape index (κ2) is 5.87. The minimum Gasteiger partial charge on any atom is -1.00 e. The molecule has 0 aliphatic carbocycles. The Balaban J connectivity index is 0. The second-order valence-electron chi connectivity index (χ2n) is 2.39. The molecule has 0 aliphatic heterocycles. The molecule has 0 fully saturated rings. The number of carbonyl (C=O) groups is 1. The third kappa shape index (κ3) is 3.19. The van der Waals surface area contributed by atoms with Gasteiger partial charge in [0.15, 0.2) is 5.78 Å². The van der Waals surface area contributed by atoms with E-state index in [-0.39, 0.29) is 42.2 Å². The maximum absolute atomic E-state index is 10.9. The van der Waals surface area contributed by atoms with E-state index in [4.69, 9.17) is 5.11 Å². The third-order valence-corrected chi connectivity index (χ3v) is 1.52. The Morgan fingerprint density at radius 1 is 1.57 bits per heavy atom. The van der Waals surface area contributed by atoms with E-state index >= 15 is 0 Å². The summed E-state index contributed by atoms with van der Waals surface area (Å²) in [5.74, 6) is -0.524. The molecule has 0 heterocycles. The Labute approximate surface area is 104 Å². The number of aliphatic hydroxyl groups excluding tert-OH is 1. The van der Waals surface area contributed by atoms with Crippen LogP contribution in [0, 0.1) is 10.1 Å². The number of aliphatic hydroxyl groups is 1. The van der Waals surface area contributed by atoms with Gasteiger partial charge >= 0.3 is 29.6 Å². The molecule has 0 bridgehead atoms. The van der Waals surface area contributed by atoms with Crippen LogP contribution in [0.25, 0.3) is 0 Å². The smallest absolute Gasteiger partial charge is 1.00 e. The van der Waals surface area contributed by atoms with E-state index < -0.39 is 17.3 Å². The summed E-state index contributed by atoms with van der Waals surface area (Å²) in [6.45, 7) is -0.638. The van der Waals surface area contributed by atoms with Crippen molar-refractivity contribution in [1.29, 1.82) is 0 Å². The van der Waals surface area contributed by atoms with Gasteiger partial charge in [0.1, 0.15) is 6.61 Å². The van der Waals surface area contributed by atoms with Crippen LogP contribution >= 0.6 is 0 Å². The Hall–Kier alpha value is -0.750. The van der Waals surface area contributed by atoms with E-state index in [1.54, 1.807) is 0 Å². The third-order valence-electron chi connectivity index (χ3n) is 1.52. The summed E-state index contributed by atoms with van der Waals surface area (Å²) in [4.78, 5) is 20.6. The van der Waals surface area contributed by atoms with Crippen LogP contribution in [0.15, 0.2) is 24.3 Å². The first kappa shape index (κ1) is 13.2. The van der Waals surface area contributed by atoms with Crippen LogP contribution in [-0.2, 0) is 0 Å². The summed E-state index contributed by atoms with van der Waals surface area (Å²) in [6.07, 6.45) is 0. The molecule has 0 aliphatic rings. The zero-order valence-electron chi connectivity index (χ0n) is 8.64. The van der Waals surface area contributed by atoms with Gasteiger partial charge in [0.05, 0.1) is 4.92 Å². The van der Waals surface area contributed by atoms with Gasteiger partial charge in [0.2, 0.25) is 0 Å². The van der Waals surface area contributed by atoms with Gasteiger partial charge in [-0.2, -0.15) is 0 Å². The van der Waals surface area contributed by atoms with Gasteiger partial charge in [0, 0.05) is 17.7 Å². The molecule has 0 atom stereocenters. The van der Waals surface area contributed by atoms with Crippen LogP contribution in [0.2, 0.25) is 0 Å². The summed E-state index contributed by atoms with van der Waals surface area (Å²) in [6, 6.07) is 5.25. The van der Waals surface area contributed by atoms with Gasteiger partial charge in [-0.1, -0.05) is 12.1 Å². The first-order valence-corrected chi connectivity index (χ1v) is 3.53. The fourth-order valence-corrected chi connectivity index (χ4v) is 0.884. The molecule has 0 spiro atoms. The topological polar surface area (TPSA) is 80.4 Å². The quantitative estimate of drug-likeness (QED) is 0.265. The van der Waals surface area contributed by atoms with Gasteiger partial charge in [-0.15, -0.1) is 0 Å². The molecule has 5 nitrogen and oxygen atoms in total. The van der Waals surface area contributed by atoms with Gasteiger partial charge in [-0.3, -0.25) is 14.9 Å². The van der Waals surface area contributed by atoms with Gasteiger partial charge in [-0.05, 0) is 0 Å². The van der Waals surface area contributed by atoms with E-state index in [1.165, 1.54) is 18.2 Å². The molecule has 0 unspecified atom stereocenters. The molecular weight excluding hydrogens is 197 g/mol. The zero-order valence-corrected chi connectivity index (χ0v) is 9.64. The Kier molecular flexibility index (Phi) is 5.56. The van der Waals surface area contributed by atoms with Crippen molar-refractivity contribution >= 4 is 11.5 Å². The van der Waals surface area contributed by atoms with Crippen LogP contribution in [0.1, 0.15) is 11.8 Å². The summed E-state index contributed by atoms with van der Waals surface area (Å²) in [5.41, 5.74) is -0.00370. The molecule has 0 radical (unpaired) electrons. The molecule has 6 heteroatoms. The fourth-order valence-electron chi connectivity index (χ4n) is 0.884. The van der Waals surface area contributed by atoms with Crippen molar-refractivity contribution in [3.63, 3.8) is 0 Å². The normalized spacial score (nSPS) is 8.93. The van der Waals surface area contributed by atoms with Gasteiger partial charge in [0.25, 0.3) is 5.69 Å². The van der Waals surface area contributed by atoms with E-state index in [0.717, 1.165) is 6.07 Å². The van der Waals surface area contributed by atoms with Gasteiger partial charge in [-0.25, -0.2) is 0 Å². The molecule has 1 rings (SSSR count). The van der Waals surface area contributed by atoms with E-state index in [1.807, 2.05) is 0 Å². The van der Waals surface area contributed by atoms with Crippen molar-refractivity contribution in [3.05, 3.63) is 39.9 Å². The van der Waals surface area contributed by atoms with E-state index in [0.29, 0.717) is 0 Å². The van der Waals surface area contributed by atoms with Crippen molar-refractivity contribution < 1.29 is 45.8 Å². The first-order valence-electron chi connectivity index (χ1n) is 3.53. The summed E-state index contributed by atoms with van der Waals surface area (Å²) >= 11 is 0. The number of benzene rings is 1. The largest absolute Gasteiger partial charge is 1.00 e. The number of nitro groups is 1. The predicted molar refractivity (Wildman–Crippen MR) is 45.6 cm³/mol. The summed E-state index contributed by atoms with van der Waals surface area (Å²) in [7, 11) is 0. The number of non-ortho nitro benzene ring substituents is 1. The van der Waals surface area contributed by atoms with E-state index in [9.17, 15) is 14.9 Å². The second-order valence-corrected chi connectivity index (χ2v) is 2.39. The van der Waals surface area contributed by atoms with Crippen molar-refractivity contribution in [2.45, 2.75) is 0 Å². The number of rotatable bonds is 3. The zero-order chi connectivity index (χ0) is 9.84. The first-order chi connectivity index (χ1) is 6.15. The molecule has 1 aromatic carbocycles. The predicted octanol–water partition coefficient (Wildman–Crippen LogP) is -2.11. The SMILES string of the molecule is O=C(CO)c1cccc([N+](=O)[O-])c1.[H-].[Na+]. The van der Waals surface area contributed by atoms with Crippen molar-refractivity contribution in [2.75, 3.05) is 6.61 Å². The molecule has 0 amide bonds. The average molecular weight is 205 g/mol. The standard InChI is InChI=1S/C8H7NO4.Na.H/c10-5-8(11)6-2-1-3-7(4-6)9(12)13;;/h1-4,10H,5H2;;/q;+1;-1. The molecule has 14 heavy (non-hydrogen) atoms. The molecule has 0 saturated heterocycles. The number of nitro benzene ring substituents is 1. The molecular formula is C8H8NNaO4. The van der Waals surface area contributed by atoms with Crippen LogP contribution in [0.5, 0.6) is 0 Å². The van der Waals surface area contributed by atoms with Crippen molar-refractivity contribution in [1.82, 2.24) is 0 Å². The average Bonchev–Trinajstić information content (AvgIpc) is 2.17. The Morgan fingerprint density at radius 2 is 2.21 bits per heavy atom. The van der Waals surface area contributed by atoms with Gasteiger partial charge < -0.3 is 6.53 Å². The molecule has 70 valence electrons. The maximum Gasteiger partial charge on any atom is 1.00 e. The number of hydrogen-bond donors (Lipinski definition) is 1. The van der Waals surface area contributed by atoms with Crippen LogP contribution in [0.4, 0.5) is 5.69 Å². The van der Waals surface area contributed by atoms with E-state index in [2.05, 4.69) is 0 Å². The maximum atomic E-state index is 10.9. The summed E-state index contributed by atoms with van der Waals surface area (Å²) < 4.78 is 0. The van der Waals surface area contributed by atoms with Crippen molar-refractivity contribution in [3.8, 4) is 0 Å². The van der Waals surface area contributed by atoms with Crippen molar-refractivity contribution in [2.24, 2.45) is 0 Å². The van der Waals surface area contributed by atoms with Crippen LogP contribution in [0.3, 0.4) is 0 Å². The minimum absolute atomic E-state index is 0. The number of nitrogens with zero attached hydrogens (tertiary/aromatic N) is 1. The number of hydrogen-bond acceptors (Lipinski definition) is 4. The molecule has 0 aromatic heterocycles. The molecule has 1 aromatic rings. The molecule has 0 saturated carbocycles. The van der Waals surface area contributed by atoms with Crippen LogP contribution in [-0.4, -0.2) is 22.4 Å². The fraction of sp³-hybridized carbons (Fsp3) is 0.125. The van der Waals surface area contributed by atoms with Crippen LogP contribution < -0.4 is 29.6 Å².